The summed E-state index contributed by atoms with van der Waals surface area (Å²) >= 11 is 0. The van der Waals surface area contributed by atoms with E-state index in [1.54, 1.807) is 0 Å². The zero-order valence-corrected chi connectivity index (χ0v) is 26.8. The van der Waals surface area contributed by atoms with Crippen molar-refractivity contribution in [3.63, 3.8) is 0 Å². The summed E-state index contributed by atoms with van der Waals surface area (Å²) in [4.78, 5) is 0. The van der Waals surface area contributed by atoms with Crippen molar-refractivity contribution in [2.24, 2.45) is 0 Å². The van der Waals surface area contributed by atoms with Crippen LogP contribution in [0.25, 0.3) is 93.2 Å². The van der Waals surface area contributed by atoms with Crippen LogP contribution in [-0.2, 0) is 0 Å². The highest BCUT2D eigenvalue weighted by Gasteiger charge is 2.23. The van der Waals surface area contributed by atoms with Crippen LogP contribution in [-0.4, -0.2) is 4.57 Å². The Labute approximate surface area is 284 Å². The van der Waals surface area contributed by atoms with E-state index >= 15 is 0 Å². The Morgan fingerprint density at radius 1 is 0.286 bits per heavy atom. The standard InChI is InChI=1S/C48H31N/c1-4-16-32(17-5-1)35-28-29-45(42(30-35)34-20-8-3-9-21-34)49-44-27-15-14-26-40(44)47-46-38-24-12-10-22-36(38)41(33-18-6-2-7-19-33)31-43(46)37-23-11-13-25-39(37)48(47)49/h1-31H. The fraction of sp³-hybridized carbons (Fsp3) is 0. The van der Waals surface area contributed by atoms with Gasteiger partial charge in [-0.15, -0.1) is 0 Å². The van der Waals surface area contributed by atoms with Crippen LogP contribution in [0.3, 0.4) is 0 Å². The molecular weight excluding hydrogens is 591 g/mol. The van der Waals surface area contributed by atoms with E-state index in [0.717, 1.165) is 0 Å². The van der Waals surface area contributed by atoms with Crippen LogP contribution in [0, 0.1) is 0 Å². The molecule has 0 atom stereocenters. The van der Waals surface area contributed by atoms with E-state index in [2.05, 4.69) is 193 Å². The molecule has 228 valence electrons. The van der Waals surface area contributed by atoms with Gasteiger partial charge in [-0.2, -0.15) is 0 Å². The van der Waals surface area contributed by atoms with Gasteiger partial charge in [0.1, 0.15) is 0 Å². The van der Waals surface area contributed by atoms with Crippen molar-refractivity contribution < 1.29 is 0 Å². The van der Waals surface area contributed by atoms with Gasteiger partial charge in [0.25, 0.3) is 0 Å². The molecule has 0 saturated carbocycles. The zero-order valence-electron chi connectivity index (χ0n) is 26.8. The summed E-state index contributed by atoms with van der Waals surface area (Å²) in [6.45, 7) is 0. The molecule has 1 aromatic heterocycles. The molecule has 0 saturated heterocycles. The van der Waals surface area contributed by atoms with Gasteiger partial charge in [0.15, 0.2) is 0 Å². The van der Waals surface area contributed by atoms with Gasteiger partial charge in [0.2, 0.25) is 0 Å². The van der Waals surface area contributed by atoms with E-state index in [1.807, 2.05) is 0 Å². The summed E-state index contributed by atoms with van der Waals surface area (Å²) in [6.07, 6.45) is 0. The number of fused-ring (bicyclic) bond motifs is 10. The van der Waals surface area contributed by atoms with Crippen molar-refractivity contribution in [3.05, 3.63) is 188 Å². The number of hydrogen-bond donors (Lipinski definition) is 0. The van der Waals surface area contributed by atoms with Crippen molar-refractivity contribution in [1.29, 1.82) is 0 Å². The highest BCUT2D eigenvalue weighted by molar-refractivity contribution is 6.38. The van der Waals surface area contributed by atoms with Crippen LogP contribution < -0.4 is 0 Å². The summed E-state index contributed by atoms with van der Waals surface area (Å²) in [5.41, 5.74) is 10.9. The lowest BCUT2D eigenvalue weighted by Crippen LogP contribution is -1.99. The van der Waals surface area contributed by atoms with Gasteiger partial charge in [-0.25, -0.2) is 0 Å². The first-order chi connectivity index (χ1) is 24.3. The van der Waals surface area contributed by atoms with Crippen LogP contribution in [0.4, 0.5) is 0 Å². The normalized spacial score (nSPS) is 11.7. The van der Waals surface area contributed by atoms with Crippen LogP contribution >= 0.6 is 0 Å². The molecule has 1 heterocycles. The SMILES string of the molecule is c1ccc(-c2ccc(-n3c4ccccc4c4c5c6ccccc6c(-c6ccccc6)cc5c5ccccc5c43)c(-c3ccccc3)c2)cc1. The quantitative estimate of drug-likeness (QED) is 0.172. The van der Waals surface area contributed by atoms with Crippen LogP contribution in [0.2, 0.25) is 0 Å². The van der Waals surface area contributed by atoms with Crippen molar-refractivity contribution in [2.75, 3.05) is 0 Å². The first kappa shape index (κ1) is 27.7. The fourth-order valence-electron chi connectivity index (χ4n) is 8.03. The maximum Gasteiger partial charge on any atom is 0.0626 e. The molecule has 10 aromatic rings. The van der Waals surface area contributed by atoms with E-state index in [-0.39, 0.29) is 0 Å². The van der Waals surface area contributed by atoms with E-state index in [0.29, 0.717) is 0 Å². The van der Waals surface area contributed by atoms with Crippen molar-refractivity contribution in [2.45, 2.75) is 0 Å². The Bertz CT molecular complexity index is 2850. The Hall–Kier alpha value is -6.44. The lowest BCUT2D eigenvalue weighted by Gasteiger charge is -2.18. The maximum absolute atomic E-state index is 2.53. The maximum atomic E-state index is 2.53. The zero-order chi connectivity index (χ0) is 32.3. The molecule has 1 nitrogen and oxygen atoms in total. The number of nitrogens with zero attached hydrogens (tertiary/aromatic N) is 1. The highest BCUT2D eigenvalue weighted by atomic mass is 15.0. The monoisotopic (exact) mass is 621 g/mol. The minimum Gasteiger partial charge on any atom is -0.308 e. The molecule has 0 radical (unpaired) electrons. The Kier molecular flexibility index (Phi) is 6.25. The Morgan fingerprint density at radius 3 is 1.51 bits per heavy atom. The number of para-hydroxylation sites is 1. The molecular formula is C48H31N. The van der Waals surface area contributed by atoms with E-state index in [1.165, 1.54) is 93.2 Å². The van der Waals surface area contributed by atoms with Crippen LogP contribution in [0.1, 0.15) is 0 Å². The molecule has 0 N–H and O–H groups in total. The van der Waals surface area contributed by atoms with Gasteiger partial charge in [0, 0.05) is 27.1 Å². The first-order valence-electron chi connectivity index (χ1n) is 17.0. The molecule has 0 bridgehead atoms. The van der Waals surface area contributed by atoms with Gasteiger partial charge in [-0.3, -0.25) is 0 Å². The second kappa shape index (κ2) is 11.1. The van der Waals surface area contributed by atoms with E-state index in [4.69, 9.17) is 0 Å². The Balaban J connectivity index is 1.41. The lowest BCUT2D eigenvalue weighted by molar-refractivity contribution is 1.19. The molecule has 1 heteroatoms. The third-order valence-electron chi connectivity index (χ3n) is 10.2. The molecule has 0 spiro atoms. The topological polar surface area (TPSA) is 4.93 Å². The van der Waals surface area contributed by atoms with Gasteiger partial charge in [0.05, 0.1) is 16.7 Å². The average molecular weight is 622 g/mol. The second-order valence-electron chi connectivity index (χ2n) is 12.8. The summed E-state index contributed by atoms with van der Waals surface area (Å²) in [7, 11) is 0. The minimum absolute atomic E-state index is 1.17. The third kappa shape index (κ3) is 4.26. The largest absolute Gasteiger partial charge is 0.308 e. The average Bonchev–Trinajstić information content (AvgIpc) is 3.53. The summed E-state index contributed by atoms with van der Waals surface area (Å²) < 4.78 is 2.53. The molecule has 0 aliphatic carbocycles. The van der Waals surface area contributed by atoms with Gasteiger partial charge in [-0.1, -0.05) is 164 Å². The number of rotatable bonds is 4. The van der Waals surface area contributed by atoms with Crippen molar-refractivity contribution in [1.82, 2.24) is 4.57 Å². The molecule has 9 aromatic carbocycles. The Morgan fingerprint density at radius 2 is 0.816 bits per heavy atom. The van der Waals surface area contributed by atoms with Crippen LogP contribution in [0.15, 0.2) is 188 Å². The molecule has 0 amide bonds. The molecule has 49 heavy (non-hydrogen) atoms. The molecule has 0 aliphatic rings. The van der Waals surface area contributed by atoms with Gasteiger partial charge in [-0.05, 0) is 73.6 Å². The predicted molar refractivity (Wildman–Crippen MR) is 210 cm³/mol. The summed E-state index contributed by atoms with van der Waals surface area (Å²) in [5.74, 6) is 0. The van der Waals surface area contributed by atoms with Crippen LogP contribution in [0.5, 0.6) is 0 Å². The van der Waals surface area contributed by atoms with E-state index in [9.17, 15) is 0 Å². The van der Waals surface area contributed by atoms with Gasteiger partial charge >= 0.3 is 0 Å². The van der Waals surface area contributed by atoms with Crippen molar-refractivity contribution >= 4 is 54.1 Å². The number of benzene rings is 9. The minimum atomic E-state index is 1.17. The summed E-state index contributed by atoms with van der Waals surface area (Å²) in [5, 5.41) is 10.2. The first-order valence-corrected chi connectivity index (χ1v) is 17.0. The lowest BCUT2D eigenvalue weighted by atomic mass is 9.88. The highest BCUT2D eigenvalue weighted by Crippen LogP contribution is 2.48. The number of aromatic nitrogens is 1. The smallest absolute Gasteiger partial charge is 0.0626 e. The summed E-state index contributed by atoms with van der Waals surface area (Å²) in [6, 6.07) is 68.6. The molecule has 0 aliphatic heterocycles. The fourth-order valence-corrected chi connectivity index (χ4v) is 8.03. The predicted octanol–water partition coefficient (Wildman–Crippen LogP) is 13.2. The van der Waals surface area contributed by atoms with E-state index < -0.39 is 0 Å². The van der Waals surface area contributed by atoms with Crippen molar-refractivity contribution in [3.8, 4) is 39.1 Å². The second-order valence-corrected chi connectivity index (χ2v) is 12.8. The van der Waals surface area contributed by atoms with Gasteiger partial charge < -0.3 is 4.57 Å². The third-order valence-corrected chi connectivity index (χ3v) is 10.2. The molecule has 0 unspecified atom stereocenters. The molecule has 0 fully saturated rings. The molecule has 10 rings (SSSR count). The number of hydrogen-bond acceptors (Lipinski definition) is 0.